The van der Waals surface area contributed by atoms with Crippen LogP contribution in [0.5, 0.6) is 0 Å². The molecular formula is C30H52O3. The molecule has 3 nitrogen and oxygen atoms in total. The van der Waals surface area contributed by atoms with Crippen LogP contribution in [-0.4, -0.2) is 33.6 Å². The van der Waals surface area contributed by atoms with Crippen molar-refractivity contribution in [1.29, 1.82) is 0 Å². The zero-order chi connectivity index (χ0) is 24.2. The first kappa shape index (κ1) is 24.6. The Bertz CT molecular complexity index is 789. The zero-order valence-electron chi connectivity index (χ0n) is 22.8. The Balaban J connectivity index is 1.51. The molecule has 2 unspecified atom stereocenters. The van der Waals surface area contributed by atoms with Crippen molar-refractivity contribution >= 4 is 0 Å². The molecule has 1 heterocycles. The standard InChI is InChI=1S/C30H52O3/c1-25(2)13-9-14-30(8,33-25)19-10-16-29(7)24(19)20(31)18-22-27(5)15-12-23(32)26(3,4)21(27)11-17-28(22,29)6/h19-24,31-32H,9-18H2,1-8H3/t19?,20-,21+,22-,23+,24?,27+,28-,29-,30-/m1/s1. The van der Waals surface area contributed by atoms with Gasteiger partial charge in [-0.1, -0.05) is 34.6 Å². The summed E-state index contributed by atoms with van der Waals surface area (Å²) in [7, 11) is 0. The number of hydrogen-bond acceptors (Lipinski definition) is 3. The van der Waals surface area contributed by atoms with Gasteiger partial charge in [-0.25, -0.2) is 0 Å². The highest BCUT2D eigenvalue weighted by atomic mass is 16.5. The van der Waals surface area contributed by atoms with E-state index in [4.69, 9.17) is 4.74 Å². The number of fused-ring (bicyclic) bond motifs is 5. The summed E-state index contributed by atoms with van der Waals surface area (Å²) < 4.78 is 6.86. The number of hydrogen-bond donors (Lipinski definition) is 2. The molecular weight excluding hydrogens is 408 g/mol. The van der Waals surface area contributed by atoms with E-state index in [0.717, 1.165) is 32.1 Å². The van der Waals surface area contributed by atoms with Gasteiger partial charge in [0.25, 0.3) is 0 Å². The summed E-state index contributed by atoms with van der Waals surface area (Å²) in [5.74, 6) is 1.85. The van der Waals surface area contributed by atoms with E-state index in [9.17, 15) is 10.2 Å². The monoisotopic (exact) mass is 460 g/mol. The van der Waals surface area contributed by atoms with Crippen LogP contribution in [-0.2, 0) is 4.74 Å². The van der Waals surface area contributed by atoms with Gasteiger partial charge in [0.15, 0.2) is 0 Å². The molecule has 4 aliphatic carbocycles. The van der Waals surface area contributed by atoms with Gasteiger partial charge in [0.2, 0.25) is 0 Å². The van der Waals surface area contributed by atoms with Crippen LogP contribution < -0.4 is 0 Å². The third-order valence-electron chi connectivity index (χ3n) is 13.1. The lowest BCUT2D eigenvalue weighted by atomic mass is 9.35. The van der Waals surface area contributed by atoms with Crippen LogP contribution in [0, 0.1) is 45.3 Å². The quantitative estimate of drug-likeness (QED) is 0.455. The van der Waals surface area contributed by atoms with E-state index in [0.29, 0.717) is 23.7 Å². The van der Waals surface area contributed by atoms with Crippen molar-refractivity contribution in [3.05, 3.63) is 0 Å². The Kier molecular flexibility index (Phi) is 5.38. The van der Waals surface area contributed by atoms with Gasteiger partial charge in [-0.15, -0.1) is 0 Å². The van der Waals surface area contributed by atoms with Gasteiger partial charge in [0, 0.05) is 0 Å². The molecule has 190 valence electrons. The average molecular weight is 461 g/mol. The number of ether oxygens (including phenoxy) is 1. The molecule has 10 atom stereocenters. The van der Waals surface area contributed by atoms with E-state index < -0.39 is 0 Å². The Morgan fingerprint density at radius 2 is 1.36 bits per heavy atom. The number of aliphatic hydroxyl groups is 2. The molecule has 0 bridgehead atoms. The maximum absolute atomic E-state index is 11.9. The average Bonchev–Trinajstić information content (AvgIpc) is 3.07. The largest absolute Gasteiger partial charge is 0.393 e. The topological polar surface area (TPSA) is 49.7 Å². The van der Waals surface area contributed by atoms with Crippen LogP contribution in [0.4, 0.5) is 0 Å². The van der Waals surface area contributed by atoms with Crippen LogP contribution in [0.1, 0.15) is 120 Å². The van der Waals surface area contributed by atoms with E-state index >= 15 is 0 Å². The van der Waals surface area contributed by atoms with E-state index in [-0.39, 0.29) is 45.1 Å². The Labute approximate surface area is 203 Å². The zero-order valence-corrected chi connectivity index (χ0v) is 22.8. The van der Waals surface area contributed by atoms with Crippen LogP contribution >= 0.6 is 0 Å². The summed E-state index contributed by atoms with van der Waals surface area (Å²) in [4.78, 5) is 0. The Morgan fingerprint density at radius 3 is 2.03 bits per heavy atom. The summed E-state index contributed by atoms with van der Waals surface area (Å²) in [5.41, 5.74) is 0.392. The van der Waals surface area contributed by atoms with Crippen molar-refractivity contribution in [2.45, 2.75) is 143 Å². The molecule has 4 saturated carbocycles. The van der Waals surface area contributed by atoms with E-state index in [1.165, 1.54) is 32.1 Å². The summed E-state index contributed by atoms with van der Waals surface area (Å²) in [6.07, 6.45) is 10.9. The fourth-order valence-corrected chi connectivity index (χ4v) is 11.3. The lowest BCUT2D eigenvalue weighted by molar-refractivity contribution is -0.257. The second kappa shape index (κ2) is 7.22. The summed E-state index contributed by atoms with van der Waals surface area (Å²) in [6.45, 7) is 19.2. The molecule has 0 aromatic rings. The molecule has 3 heteroatoms. The second-order valence-corrected chi connectivity index (χ2v) is 15.4. The highest BCUT2D eigenvalue weighted by Crippen LogP contribution is 2.76. The number of rotatable bonds is 1. The normalized spacial score (nSPS) is 57.6. The maximum Gasteiger partial charge on any atom is 0.0693 e. The first-order valence-corrected chi connectivity index (χ1v) is 14.2. The van der Waals surface area contributed by atoms with Gasteiger partial charge in [-0.2, -0.15) is 0 Å². The molecule has 5 fully saturated rings. The van der Waals surface area contributed by atoms with Crippen molar-refractivity contribution < 1.29 is 14.9 Å². The number of aliphatic hydroxyl groups excluding tert-OH is 2. The molecule has 5 rings (SSSR count). The predicted molar refractivity (Wildman–Crippen MR) is 134 cm³/mol. The Hall–Kier alpha value is -0.120. The fraction of sp³-hybridized carbons (Fsp3) is 1.00. The SMILES string of the molecule is CC1(C)CCC[C@](C)(C2CC[C@]3(C)C2[C@H](O)C[C@@H]2[C@@]4(C)CC[C@H](O)C(C)(C)[C@@H]4CC[C@]23C)O1. The molecule has 0 radical (unpaired) electrons. The minimum Gasteiger partial charge on any atom is -0.393 e. The minimum atomic E-state index is -0.239. The molecule has 1 aliphatic heterocycles. The van der Waals surface area contributed by atoms with E-state index in [1.54, 1.807) is 0 Å². The highest BCUT2D eigenvalue weighted by molar-refractivity contribution is 5.20. The lowest BCUT2D eigenvalue weighted by Gasteiger charge is -2.70. The van der Waals surface area contributed by atoms with Gasteiger partial charge in [-0.3, -0.25) is 0 Å². The van der Waals surface area contributed by atoms with Gasteiger partial charge >= 0.3 is 0 Å². The van der Waals surface area contributed by atoms with Crippen molar-refractivity contribution in [3.8, 4) is 0 Å². The van der Waals surface area contributed by atoms with Crippen LogP contribution in [0.25, 0.3) is 0 Å². The predicted octanol–water partition coefficient (Wildman–Crippen LogP) is 6.74. The van der Waals surface area contributed by atoms with Gasteiger partial charge in [0.1, 0.15) is 0 Å². The lowest BCUT2D eigenvalue weighted by Crippen LogP contribution is -2.66. The van der Waals surface area contributed by atoms with Crippen LogP contribution in [0.3, 0.4) is 0 Å². The summed E-state index contributed by atoms with van der Waals surface area (Å²) in [5, 5.41) is 22.8. The van der Waals surface area contributed by atoms with Gasteiger partial charge < -0.3 is 14.9 Å². The van der Waals surface area contributed by atoms with Crippen LogP contribution in [0.2, 0.25) is 0 Å². The van der Waals surface area contributed by atoms with Crippen molar-refractivity contribution in [2.75, 3.05) is 0 Å². The fourth-order valence-electron chi connectivity index (χ4n) is 11.3. The molecule has 1 saturated heterocycles. The summed E-state index contributed by atoms with van der Waals surface area (Å²) in [6, 6.07) is 0. The van der Waals surface area contributed by atoms with E-state index in [1.807, 2.05) is 0 Å². The molecule has 33 heavy (non-hydrogen) atoms. The smallest absolute Gasteiger partial charge is 0.0693 e. The van der Waals surface area contributed by atoms with Gasteiger partial charge in [-0.05, 0) is 130 Å². The van der Waals surface area contributed by atoms with Crippen molar-refractivity contribution in [1.82, 2.24) is 0 Å². The highest BCUT2D eigenvalue weighted by Gasteiger charge is 2.71. The maximum atomic E-state index is 11.9. The first-order valence-electron chi connectivity index (χ1n) is 14.2. The van der Waals surface area contributed by atoms with Crippen molar-refractivity contribution in [2.24, 2.45) is 45.3 Å². The first-order chi connectivity index (χ1) is 15.1. The van der Waals surface area contributed by atoms with E-state index in [2.05, 4.69) is 55.4 Å². The molecule has 2 N–H and O–H groups in total. The van der Waals surface area contributed by atoms with Gasteiger partial charge in [0.05, 0.1) is 23.4 Å². The Morgan fingerprint density at radius 1 is 0.697 bits per heavy atom. The molecule has 5 aliphatic rings. The molecule has 0 aromatic carbocycles. The van der Waals surface area contributed by atoms with Crippen LogP contribution in [0.15, 0.2) is 0 Å². The minimum absolute atomic E-state index is 0.0375. The molecule has 0 amide bonds. The van der Waals surface area contributed by atoms with Crippen molar-refractivity contribution in [3.63, 3.8) is 0 Å². The third kappa shape index (κ3) is 3.16. The second-order valence-electron chi connectivity index (χ2n) is 15.4. The third-order valence-corrected chi connectivity index (χ3v) is 13.1. The summed E-state index contributed by atoms with van der Waals surface area (Å²) >= 11 is 0. The molecule has 0 aromatic heterocycles. The molecule has 0 spiro atoms.